The number of hydrogen-bond acceptors (Lipinski definition) is 8. The van der Waals surface area contributed by atoms with Crippen molar-refractivity contribution >= 4 is 91.2 Å². The van der Waals surface area contributed by atoms with Crippen molar-refractivity contribution in [3.63, 3.8) is 0 Å². The van der Waals surface area contributed by atoms with Crippen LogP contribution in [-0.4, -0.2) is 36.2 Å². The van der Waals surface area contributed by atoms with E-state index in [2.05, 4.69) is 52.9 Å². The molecule has 4 aromatic carbocycles. The van der Waals surface area contributed by atoms with Gasteiger partial charge in [-0.15, -0.1) is 0 Å². The fourth-order valence-electron chi connectivity index (χ4n) is 4.12. The molecule has 0 unspecified atom stereocenters. The van der Waals surface area contributed by atoms with Crippen LogP contribution in [0, 0.1) is 0 Å². The van der Waals surface area contributed by atoms with Gasteiger partial charge < -0.3 is 9.47 Å². The van der Waals surface area contributed by atoms with E-state index in [9.17, 15) is 19.2 Å². The van der Waals surface area contributed by atoms with Gasteiger partial charge in [0.15, 0.2) is 0 Å². The van der Waals surface area contributed by atoms with E-state index in [1.54, 1.807) is 84.9 Å². The van der Waals surface area contributed by atoms with Crippen LogP contribution in [0.25, 0.3) is 0 Å². The summed E-state index contributed by atoms with van der Waals surface area (Å²) in [6.45, 7) is 0. The zero-order valence-corrected chi connectivity index (χ0v) is 30.3. The van der Waals surface area contributed by atoms with Crippen molar-refractivity contribution in [2.24, 2.45) is 10.2 Å². The minimum Gasteiger partial charge on any atom is -0.422 e. The Bertz CT molecular complexity index is 1730. The number of halogens is 4. The summed E-state index contributed by atoms with van der Waals surface area (Å²) in [6, 6.07) is 22.7. The van der Waals surface area contributed by atoms with E-state index >= 15 is 0 Å². The number of nitrogens with zero attached hydrogens (tertiary/aromatic N) is 2. The lowest BCUT2D eigenvalue weighted by atomic mass is 10.1. The number of carbonyl (C=O) groups excluding carboxylic acids is 4. The molecule has 0 heterocycles. The van der Waals surface area contributed by atoms with Crippen LogP contribution in [-0.2, 0) is 9.59 Å². The number of esters is 2. The summed E-state index contributed by atoms with van der Waals surface area (Å²) in [7, 11) is 0. The van der Waals surface area contributed by atoms with Crippen LogP contribution >= 0.6 is 55.1 Å². The van der Waals surface area contributed by atoms with Gasteiger partial charge in [0.2, 0.25) is 11.8 Å². The highest BCUT2D eigenvalue weighted by atomic mass is 79.9. The highest BCUT2D eigenvalue weighted by Gasteiger charge is 2.13. The molecule has 0 atom stereocenters. The molecule has 10 nitrogen and oxygen atoms in total. The molecule has 0 saturated carbocycles. The lowest BCUT2D eigenvalue weighted by molar-refractivity contribution is -0.121. The monoisotopic (exact) mass is 828 g/mol. The number of nitrogens with one attached hydrogen (secondary N) is 2. The Morgan fingerprint density at radius 2 is 0.980 bits per heavy atom. The zero-order chi connectivity index (χ0) is 35.2. The van der Waals surface area contributed by atoms with E-state index in [-0.39, 0.29) is 36.2 Å². The zero-order valence-electron chi connectivity index (χ0n) is 25.6. The van der Waals surface area contributed by atoms with Gasteiger partial charge in [0.1, 0.15) is 11.5 Å². The molecule has 0 aliphatic carbocycles. The first kappa shape index (κ1) is 37.5. The van der Waals surface area contributed by atoms with Crippen molar-refractivity contribution in [3.8, 4) is 11.5 Å². The third kappa shape index (κ3) is 12.6. The van der Waals surface area contributed by atoms with Crippen LogP contribution < -0.4 is 20.3 Å². The number of amides is 2. The van der Waals surface area contributed by atoms with Crippen molar-refractivity contribution in [2.75, 3.05) is 0 Å². The average Bonchev–Trinajstić information content (AvgIpc) is 3.07. The van der Waals surface area contributed by atoms with Crippen LogP contribution in [0.1, 0.15) is 63.9 Å². The fourth-order valence-corrected chi connectivity index (χ4v) is 5.13. The highest BCUT2D eigenvalue weighted by Crippen LogP contribution is 2.24. The first-order chi connectivity index (χ1) is 23.6. The molecule has 0 saturated heterocycles. The van der Waals surface area contributed by atoms with Gasteiger partial charge in [0, 0.05) is 43.0 Å². The van der Waals surface area contributed by atoms with Gasteiger partial charge >= 0.3 is 11.9 Å². The smallest absolute Gasteiger partial charge is 0.343 e. The Labute approximate surface area is 309 Å². The molecular formula is C35H28Br2Cl2N4O6. The Balaban J connectivity index is 1.17. The van der Waals surface area contributed by atoms with E-state index < -0.39 is 11.9 Å². The molecular weight excluding hydrogens is 803 g/mol. The third-order valence-electron chi connectivity index (χ3n) is 6.60. The molecule has 0 fully saturated rings. The van der Waals surface area contributed by atoms with Crippen molar-refractivity contribution in [1.29, 1.82) is 0 Å². The molecule has 4 aromatic rings. The minimum absolute atomic E-state index is 0.203. The molecule has 0 radical (unpaired) electrons. The number of hydrogen-bond donors (Lipinski definition) is 2. The van der Waals surface area contributed by atoms with Crippen molar-refractivity contribution < 1.29 is 28.7 Å². The first-order valence-electron chi connectivity index (χ1n) is 14.8. The normalized spacial score (nSPS) is 11.0. The maximum Gasteiger partial charge on any atom is 0.343 e. The molecule has 0 aromatic heterocycles. The molecule has 49 heavy (non-hydrogen) atoms. The summed E-state index contributed by atoms with van der Waals surface area (Å²) in [6.07, 6.45) is 4.89. The molecule has 0 spiro atoms. The van der Waals surface area contributed by atoms with Gasteiger partial charge in [-0.25, -0.2) is 20.4 Å². The highest BCUT2D eigenvalue weighted by molar-refractivity contribution is 9.10. The van der Waals surface area contributed by atoms with E-state index in [0.29, 0.717) is 51.6 Å². The second-order valence-corrected chi connectivity index (χ2v) is 13.0. The Morgan fingerprint density at radius 3 is 1.37 bits per heavy atom. The molecule has 14 heteroatoms. The van der Waals surface area contributed by atoms with Gasteiger partial charge in [-0.3, -0.25) is 9.59 Å². The lowest BCUT2D eigenvalue weighted by Gasteiger charge is -2.08. The number of hydrazone groups is 2. The van der Waals surface area contributed by atoms with Crippen LogP contribution in [0.2, 0.25) is 10.0 Å². The molecule has 4 rings (SSSR count). The van der Waals surface area contributed by atoms with Crippen LogP contribution in [0.4, 0.5) is 0 Å². The van der Waals surface area contributed by atoms with Crippen molar-refractivity contribution in [3.05, 3.63) is 126 Å². The molecule has 0 bridgehead atoms. The van der Waals surface area contributed by atoms with E-state index in [4.69, 9.17) is 32.7 Å². The first-order valence-corrected chi connectivity index (χ1v) is 17.1. The third-order valence-corrected chi connectivity index (χ3v) is 8.09. The summed E-state index contributed by atoms with van der Waals surface area (Å²) in [4.78, 5) is 49.6. The predicted molar refractivity (Wildman–Crippen MR) is 196 cm³/mol. The Hall–Kier alpha value is -4.36. The van der Waals surface area contributed by atoms with E-state index in [0.717, 1.165) is 8.95 Å². The molecule has 0 aliphatic heterocycles. The van der Waals surface area contributed by atoms with E-state index in [1.165, 1.54) is 12.4 Å². The van der Waals surface area contributed by atoms with Gasteiger partial charge in [-0.05, 0) is 97.8 Å². The van der Waals surface area contributed by atoms with Gasteiger partial charge in [-0.2, -0.15) is 10.2 Å². The van der Waals surface area contributed by atoms with Gasteiger partial charge in [0.05, 0.1) is 23.6 Å². The number of carbonyl (C=O) groups is 4. The maximum atomic E-state index is 12.5. The van der Waals surface area contributed by atoms with Gasteiger partial charge in [0.25, 0.3) is 0 Å². The van der Waals surface area contributed by atoms with E-state index in [1.807, 2.05) is 0 Å². The quantitative estimate of drug-likeness (QED) is 0.0430. The van der Waals surface area contributed by atoms with Crippen molar-refractivity contribution in [2.45, 2.75) is 32.1 Å². The molecule has 2 amide bonds. The second kappa shape index (κ2) is 19.0. The Kier molecular flexibility index (Phi) is 14.5. The average molecular weight is 831 g/mol. The number of unbranched alkanes of at least 4 members (excludes halogenated alkanes) is 2. The number of benzene rings is 4. The summed E-state index contributed by atoms with van der Waals surface area (Å²) in [5, 5.41) is 9.00. The van der Waals surface area contributed by atoms with Crippen molar-refractivity contribution in [1.82, 2.24) is 10.9 Å². The predicted octanol–water partition coefficient (Wildman–Crippen LogP) is 8.51. The Morgan fingerprint density at radius 1 is 0.592 bits per heavy atom. The van der Waals surface area contributed by atoms with Crippen LogP contribution in [0.5, 0.6) is 11.5 Å². The lowest BCUT2D eigenvalue weighted by Crippen LogP contribution is -2.18. The minimum atomic E-state index is -0.565. The van der Waals surface area contributed by atoms with Gasteiger partial charge in [-0.1, -0.05) is 61.5 Å². The molecule has 0 aliphatic rings. The maximum absolute atomic E-state index is 12.5. The van der Waals surface area contributed by atoms with Crippen LogP contribution in [0.3, 0.4) is 0 Å². The summed E-state index contributed by atoms with van der Waals surface area (Å²) < 4.78 is 12.5. The molecule has 2 N–H and O–H groups in total. The largest absolute Gasteiger partial charge is 0.422 e. The number of ether oxygens (including phenoxy) is 2. The summed E-state index contributed by atoms with van der Waals surface area (Å²) in [5.74, 6) is -1.21. The fraction of sp³-hybridized carbons (Fsp3) is 0.143. The second-order valence-electron chi connectivity index (χ2n) is 10.3. The number of rotatable bonds is 14. The molecule has 252 valence electrons. The SMILES string of the molecule is O=C(CCCCCC(=O)N/N=C/c1cc(Br)ccc1OC(=O)c1ccc(Cl)cc1)N/N=C/c1cc(Br)ccc1OC(=O)c1ccc(Cl)cc1. The topological polar surface area (TPSA) is 136 Å². The summed E-state index contributed by atoms with van der Waals surface area (Å²) >= 11 is 18.5. The standard InChI is InChI=1S/C35H28Br2Cl2N4O6/c36-26-10-16-30(48-34(46)22-6-12-28(38)13-7-22)24(18-26)20-40-42-32(44)4-2-1-3-5-33(45)43-41-21-25-19-27(37)11-17-31(25)49-35(47)23-8-14-29(39)15-9-23/h6-21H,1-5H2,(H,42,44)(H,43,45)/b40-20+,41-21+. The summed E-state index contributed by atoms with van der Waals surface area (Å²) in [5.41, 5.74) is 6.54. The van der Waals surface area contributed by atoms with Crippen LogP contribution in [0.15, 0.2) is 104 Å².